The molecule has 4 heteroatoms. The summed E-state index contributed by atoms with van der Waals surface area (Å²) in [5.74, 6) is 0.730. The summed E-state index contributed by atoms with van der Waals surface area (Å²) in [4.78, 5) is 1.21. The van der Waals surface area contributed by atoms with Crippen LogP contribution in [0.4, 0.5) is 0 Å². The highest BCUT2D eigenvalue weighted by Crippen LogP contribution is 2.41. The van der Waals surface area contributed by atoms with Gasteiger partial charge in [0.1, 0.15) is 0 Å². The Morgan fingerprint density at radius 2 is 1.17 bits per heavy atom. The molecule has 0 aromatic heterocycles. The number of nitrogens with one attached hydrogen (secondary N) is 1. The number of rotatable bonds is 7. The number of thioether (sulfide) groups is 1. The molecule has 0 saturated carbocycles. The summed E-state index contributed by atoms with van der Waals surface area (Å²) in [5.41, 5.74) is 0. The zero-order valence-corrected chi connectivity index (χ0v) is 15.0. The van der Waals surface area contributed by atoms with Crippen LogP contribution < -0.4 is 15.9 Å². The fourth-order valence-corrected chi connectivity index (χ4v) is 5.79. The fourth-order valence-electron chi connectivity index (χ4n) is 2.52. The molecule has 3 rings (SSSR count). The van der Waals surface area contributed by atoms with Crippen LogP contribution in [0.5, 0.6) is 0 Å². The van der Waals surface area contributed by atoms with Crippen molar-refractivity contribution in [2.45, 2.75) is 4.90 Å². The third kappa shape index (κ3) is 4.18. The van der Waals surface area contributed by atoms with Crippen LogP contribution in [0.25, 0.3) is 0 Å². The molecule has 2 nitrogen and oxygen atoms in total. The van der Waals surface area contributed by atoms with Crippen molar-refractivity contribution >= 4 is 29.5 Å². The first-order valence-electron chi connectivity index (χ1n) is 7.88. The molecule has 0 saturated heterocycles. The topological polar surface area (TPSA) is 29.1 Å². The van der Waals surface area contributed by atoms with E-state index in [4.69, 9.17) is 0 Å². The lowest BCUT2D eigenvalue weighted by atomic mass is 10.4. The van der Waals surface area contributed by atoms with Gasteiger partial charge in [-0.15, -0.1) is 11.8 Å². The van der Waals surface area contributed by atoms with Crippen LogP contribution in [0, 0.1) is 0 Å². The monoisotopic (exact) mass is 353 g/mol. The summed E-state index contributed by atoms with van der Waals surface area (Å²) in [6, 6.07) is 29.8. The molecule has 0 radical (unpaired) electrons. The van der Waals surface area contributed by atoms with Gasteiger partial charge in [0, 0.05) is 21.4 Å². The van der Waals surface area contributed by atoms with E-state index in [9.17, 15) is 4.57 Å². The average molecular weight is 353 g/mol. The SMILES string of the molecule is O=P(CNCSc1ccccc1)(c1ccccc1)c1ccccc1. The molecule has 0 bridgehead atoms. The molecular formula is C20H20NOPS. The molecule has 3 aromatic rings. The van der Waals surface area contributed by atoms with Crippen molar-refractivity contribution in [2.75, 3.05) is 12.2 Å². The number of hydrogen-bond donors (Lipinski definition) is 1. The van der Waals surface area contributed by atoms with Gasteiger partial charge < -0.3 is 9.88 Å². The van der Waals surface area contributed by atoms with E-state index in [0.29, 0.717) is 6.29 Å². The average Bonchev–Trinajstić information content (AvgIpc) is 2.67. The lowest BCUT2D eigenvalue weighted by Gasteiger charge is -2.20. The van der Waals surface area contributed by atoms with Crippen molar-refractivity contribution in [2.24, 2.45) is 0 Å². The third-order valence-corrected chi connectivity index (χ3v) is 7.65. The van der Waals surface area contributed by atoms with Crippen LogP contribution in [0.15, 0.2) is 95.9 Å². The molecule has 24 heavy (non-hydrogen) atoms. The predicted molar refractivity (Wildman–Crippen MR) is 105 cm³/mol. The zero-order valence-electron chi connectivity index (χ0n) is 13.3. The summed E-state index contributed by atoms with van der Waals surface area (Å²) in [7, 11) is -2.67. The Labute approximate surface area is 147 Å². The Kier molecular flexibility index (Phi) is 5.92. The minimum absolute atomic E-state index is 0.459. The summed E-state index contributed by atoms with van der Waals surface area (Å²) in [6.07, 6.45) is 0.459. The molecule has 1 N–H and O–H groups in total. The molecule has 0 heterocycles. The van der Waals surface area contributed by atoms with Gasteiger partial charge >= 0.3 is 0 Å². The Balaban J connectivity index is 1.73. The van der Waals surface area contributed by atoms with E-state index in [0.717, 1.165) is 16.5 Å². The highest BCUT2D eigenvalue weighted by Gasteiger charge is 2.26. The third-order valence-electron chi connectivity index (χ3n) is 3.77. The molecule has 122 valence electrons. The Morgan fingerprint density at radius 3 is 1.67 bits per heavy atom. The van der Waals surface area contributed by atoms with E-state index >= 15 is 0 Å². The molecule has 0 aliphatic rings. The molecule has 0 unspecified atom stereocenters. The Morgan fingerprint density at radius 1 is 0.708 bits per heavy atom. The van der Waals surface area contributed by atoms with Crippen LogP contribution in [-0.4, -0.2) is 12.2 Å². The molecular weight excluding hydrogens is 333 g/mol. The second-order valence-electron chi connectivity index (χ2n) is 5.42. The molecule has 0 amide bonds. The predicted octanol–water partition coefficient (Wildman–Crippen LogP) is 4.30. The van der Waals surface area contributed by atoms with Gasteiger partial charge in [-0.25, -0.2) is 0 Å². The van der Waals surface area contributed by atoms with Gasteiger partial charge in [-0.1, -0.05) is 78.9 Å². The van der Waals surface area contributed by atoms with Crippen molar-refractivity contribution in [3.8, 4) is 0 Å². The number of hydrogen-bond acceptors (Lipinski definition) is 3. The quantitative estimate of drug-likeness (QED) is 0.297. The second-order valence-corrected chi connectivity index (χ2v) is 9.30. The van der Waals surface area contributed by atoms with E-state index in [1.807, 2.05) is 78.9 Å². The first-order chi connectivity index (χ1) is 11.8. The Bertz CT molecular complexity index is 750. The first kappa shape index (κ1) is 17.0. The molecule has 0 atom stereocenters. The Hall–Kier alpha value is -1.80. The van der Waals surface area contributed by atoms with Crippen molar-refractivity contribution in [1.29, 1.82) is 0 Å². The van der Waals surface area contributed by atoms with Crippen LogP contribution >= 0.6 is 18.9 Å². The molecule has 0 aliphatic carbocycles. The maximum absolute atomic E-state index is 13.8. The first-order valence-corrected chi connectivity index (χ1v) is 10.8. The summed E-state index contributed by atoms with van der Waals surface area (Å²) in [5, 5.41) is 5.16. The summed E-state index contributed by atoms with van der Waals surface area (Å²) < 4.78 is 13.8. The van der Waals surface area contributed by atoms with Gasteiger partial charge in [0.15, 0.2) is 7.14 Å². The molecule has 0 aliphatic heterocycles. The minimum Gasteiger partial charge on any atom is -0.312 e. The lowest BCUT2D eigenvalue weighted by Crippen LogP contribution is -2.26. The van der Waals surface area contributed by atoms with E-state index in [1.54, 1.807) is 11.8 Å². The van der Waals surface area contributed by atoms with Crippen molar-refractivity contribution < 1.29 is 4.57 Å². The van der Waals surface area contributed by atoms with Gasteiger partial charge in [0.2, 0.25) is 0 Å². The van der Waals surface area contributed by atoms with Crippen LogP contribution in [0.1, 0.15) is 0 Å². The van der Waals surface area contributed by atoms with Crippen LogP contribution in [0.2, 0.25) is 0 Å². The van der Waals surface area contributed by atoms with E-state index in [-0.39, 0.29) is 0 Å². The smallest absolute Gasteiger partial charge is 0.156 e. The van der Waals surface area contributed by atoms with Crippen LogP contribution in [0.3, 0.4) is 0 Å². The highest BCUT2D eigenvalue weighted by molar-refractivity contribution is 7.99. The number of benzene rings is 3. The maximum Gasteiger partial charge on any atom is 0.156 e. The largest absolute Gasteiger partial charge is 0.312 e. The van der Waals surface area contributed by atoms with Gasteiger partial charge in [0.25, 0.3) is 0 Å². The maximum atomic E-state index is 13.8. The summed E-state index contributed by atoms with van der Waals surface area (Å²) >= 11 is 1.72. The molecule has 3 aromatic carbocycles. The minimum atomic E-state index is -2.67. The zero-order chi connectivity index (χ0) is 16.7. The summed E-state index contributed by atoms with van der Waals surface area (Å²) in [6.45, 7) is 0. The van der Waals surface area contributed by atoms with Crippen molar-refractivity contribution in [3.05, 3.63) is 91.0 Å². The lowest BCUT2D eigenvalue weighted by molar-refractivity contribution is 0.584. The van der Waals surface area contributed by atoms with Gasteiger partial charge in [0.05, 0.1) is 6.29 Å². The highest BCUT2D eigenvalue weighted by atomic mass is 32.2. The van der Waals surface area contributed by atoms with E-state index < -0.39 is 7.14 Å². The van der Waals surface area contributed by atoms with Gasteiger partial charge in [-0.05, 0) is 12.1 Å². The fraction of sp³-hybridized carbons (Fsp3) is 0.100. The normalized spacial score (nSPS) is 11.3. The van der Waals surface area contributed by atoms with Crippen molar-refractivity contribution in [3.63, 3.8) is 0 Å². The van der Waals surface area contributed by atoms with Gasteiger partial charge in [-0.3, -0.25) is 0 Å². The van der Waals surface area contributed by atoms with Gasteiger partial charge in [-0.2, -0.15) is 0 Å². The molecule has 0 spiro atoms. The van der Waals surface area contributed by atoms with Crippen LogP contribution in [-0.2, 0) is 4.57 Å². The molecule has 0 fully saturated rings. The van der Waals surface area contributed by atoms with E-state index in [2.05, 4.69) is 17.4 Å². The van der Waals surface area contributed by atoms with E-state index in [1.165, 1.54) is 4.90 Å². The second kappa shape index (κ2) is 8.34. The van der Waals surface area contributed by atoms with Crippen molar-refractivity contribution in [1.82, 2.24) is 5.32 Å². The standard InChI is InChI=1S/C20H20NOPS/c22-23(18-10-4-1-5-11-18,19-12-6-2-7-13-19)16-21-17-24-20-14-8-3-9-15-20/h1-15,21H,16-17H2.